The van der Waals surface area contributed by atoms with E-state index in [1.54, 1.807) is 7.05 Å². The summed E-state index contributed by atoms with van der Waals surface area (Å²) in [5.74, 6) is -0.538. The highest BCUT2D eigenvalue weighted by molar-refractivity contribution is 5.98. The van der Waals surface area contributed by atoms with Gasteiger partial charge in [-0.15, -0.1) is 0 Å². The molecule has 3 heterocycles. The molecule has 2 aromatic carbocycles. The Labute approximate surface area is 219 Å². The van der Waals surface area contributed by atoms with Crippen LogP contribution in [0.2, 0.25) is 0 Å². The van der Waals surface area contributed by atoms with Crippen molar-refractivity contribution in [2.24, 2.45) is 14.1 Å². The van der Waals surface area contributed by atoms with Crippen LogP contribution in [0.1, 0.15) is 16.7 Å². The number of nitrogens with zero attached hydrogens (tertiary/aromatic N) is 2. The third-order valence-corrected chi connectivity index (χ3v) is 6.66. The highest BCUT2D eigenvalue weighted by Crippen LogP contribution is 2.40. The molecule has 0 saturated carbocycles. The summed E-state index contributed by atoms with van der Waals surface area (Å²) in [4.78, 5) is 28.5. The van der Waals surface area contributed by atoms with Crippen molar-refractivity contribution in [1.29, 1.82) is 0 Å². The number of nitrogens with one attached hydrogen (secondary N) is 1. The number of hydrogen-bond acceptors (Lipinski definition) is 3. The maximum atomic E-state index is 15.0. The molecular formula is C29H23F4N3O3. The molecule has 0 unspecified atom stereocenters. The van der Waals surface area contributed by atoms with Gasteiger partial charge in [0.2, 0.25) is 0 Å². The monoisotopic (exact) mass is 537 g/mol. The molecular weight excluding hydrogens is 514 g/mol. The van der Waals surface area contributed by atoms with Crippen LogP contribution in [-0.2, 0) is 20.3 Å². The standard InChI is InChI=1S/C29H23F4N3O3/c1-15-7-5-8-16(2)27(15)39-23-14-35(3)24(37)12-18(23)20-13-36(4)28(38)26-19(20)11-22(34-26)17-9-6-10-21(25(17)30)29(31,32)33/h5-14,34H,1-4H3. The van der Waals surface area contributed by atoms with Crippen molar-refractivity contribution in [2.45, 2.75) is 20.0 Å². The molecule has 6 nitrogen and oxygen atoms in total. The molecule has 39 heavy (non-hydrogen) atoms. The van der Waals surface area contributed by atoms with Gasteiger partial charge < -0.3 is 18.9 Å². The summed E-state index contributed by atoms with van der Waals surface area (Å²) in [5, 5.41) is 0.296. The van der Waals surface area contributed by atoms with E-state index in [9.17, 15) is 27.2 Å². The fourth-order valence-electron chi connectivity index (χ4n) is 4.62. The minimum atomic E-state index is -4.89. The first kappa shape index (κ1) is 26.0. The van der Waals surface area contributed by atoms with Gasteiger partial charge in [0.25, 0.3) is 11.1 Å². The average Bonchev–Trinajstić information content (AvgIpc) is 3.31. The predicted molar refractivity (Wildman–Crippen MR) is 141 cm³/mol. The maximum Gasteiger partial charge on any atom is 0.419 e. The van der Waals surface area contributed by atoms with Crippen molar-refractivity contribution in [3.63, 3.8) is 0 Å². The van der Waals surface area contributed by atoms with E-state index in [1.165, 1.54) is 46.8 Å². The number of rotatable bonds is 4. The number of pyridine rings is 2. The summed E-state index contributed by atoms with van der Waals surface area (Å²) in [5.41, 5.74) is -0.0626. The molecule has 0 bridgehead atoms. The van der Waals surface area contributed by atoms with Gasteiger partial charge in [0, 0.05) is 54.1 Å². The van der Waals surface area contributed by atoms with Gasteiger partial charge in [-0.2, -0.15) is 13.2 Å². The lowest BCUT2D eigenvalue weighted by atomic mass is 10.0. The molecule has 0 atom stereocenters. The molecule has 5 rings (SSSR count). The third-order valence-electron chi connectivity index (χ3n) is 6.66. The van der Waals surface area contributed by atoms with Crippen molar-refractivity contribution in [2.75, 3.05) is 0 Å². The Balaban J connectivity index is 1.77. The maximum absolute atomic E-state index is 15.0. The molecule has 10 heteroatoms. The molecule has 3 aromatic heterocycles. The minimum absolute atomic E-state index is 0.0146. The summed E-state index contributed by atoms with van der Waals surface area (Å²) < 4.78 is 64.0. The van der Waals surface area contributed by atoms with E-state index in [4.69, 9.17) is 4.74 Å². The number of fused-ring (bicyclic) bond motifs is 1. The Morgan fingerprint density at radius 3 is 2.18 bits per heavy atom. The second-order valence-electron chi connectivity index (χ2n) is 9.42. The summed E-state index contributed by atoms with van der Waals surface area (Å²) in [7, 11) is 3.08. The lowest BCUT2D eigenvalue weighted by Gasteiger charge is -2.17. The van der Waals surface area contributed by atoms with Gasteiger partial charge in [0.15, 0.2) is 5.75 Å². The number of alkyl halides is 3. The summed E-state index contributed by atoms with van der Waals surface area (Å²) >= 11 is 0. The topological polar surface area (TPSA) is 69.0 Å². The van der Waals surface area contributed by atoms with Crippen LogP contribution in [0.25, 0.3) is 33.3 Å². The van der Waals surface area contributed by atoms with Crippen molar-refractivity contribution in [3.8, 4) is 33.9 Å². The summed E-state index contributed by atoms with van der Waals surface area (Å²) in [6.45, 7) is 3.77. The molecule has 0 aliphatic carbocycles. The number of benzene rings is 2. The van der Waals surface area contributed by atoms with Crippen LogP contribution in [0.15, 0.2) is 70.5 Å². The normalized spacial score (nSPS) is 11.8. The van der Waals surface area contributed by atoms with Gasteiger partial charge in [0.1, 0.15) is 17.1 Å². The second-order valence-corrected chi connectivity index (χ2v) is 9.42. The molecule has 0 aliphatic heterocycles. The lowest BCUT2D eigenvalue weighted by Crippen LogP contribution is -2.18. The zero-order chi connectivity index (χ0) is 28.2. The van der Waals surface area contributed by atoms with E-state index in [-0.39, 0.29) is 22.3 Å². The summed E-state index contributed by atoms with van der Waals surface area (Å²) in [6.07, 6.45) is -1.85. The summed E-state index contributed by atoms with van der Waals surface area (Å²) in [6, 6.07) is 11.4. The van der Waals surface area contributed by atoms with Gasteiger partial charge in [-0.05, 0) is 43.2 Å². The van der Waals surface area contributed by atoms with Gasteiger partial charge in [0.05, 0.1) is 11.8 Å². The quantitative estimate of drug-likeness (QED) is 0.267. The smallest absolute Gasteiger partial charge is 0.419 e. The lowest BCUT2D eigenvalue weighted by molar-refractivity contribution is -0.139. The number of H-pyrrole nitrogens is 1. The zero-order valence-electron chi connectivity index (χ0n) is 21.4. The molecule has 0 spiro atoms. The largest absolute Gasteiger partial charge is 0.455 e. The zero-order valence-corrected chi connectivity index (χ0v) is 21.4. The molecule has 5 aromatic rings. The van der Waals surface area contributed by atoms with Gasteiger partial charge in [-0.1, -0.05) is 24.3 Å². The molecule has 0 aliphatic rings. The number of halogens is 4. The first-order valence-electron chi connectivity index (χ1n) is 11.9. The van der Waals surface area contributed by atoms with Crippen LogP contribution < -0.4 is 15.9 Å². The van der Waals surface area contributed by atoms with Crippen LogP contribution in [0.5, 0.6) is 11.5 Å². The molecule has 200 valence electrons. The number of ether oxygens (including phenoxy) is 1. The highest BCUT2D eigenvalue weighted by Gasteiger charge is 2.35. The molecule has 1 N–H and O–H groups in total. The van der Waals surface area contributed by atoms with Gasteiger partial charge in [-0.3, -0.25) is 9.59 Å². The Hall–Kier alpha value is -4.60. The van der Waals surface area contributed by atoms with Crippen molar-refractivity contribution in [1.82, 2.24) is 14.1 Å². The SMILES string of the molecule is Cc1cccc(C)c1Oc1cn(C)c(=O)cc1-c1cn(C)c(=O)c2[nH]c(-c3cccc(C(F)(F)F)c3F)cc12. The van der Waals surface area contributed by atoms with Crippen LogP contribution in [0, 0.1) is 19.7 Å². The molecule has 0 radical (unpaired) electrons. The molecule has 0 fully saturated rings. The van der Waals surface area contributed by atoms with E-state index < -0.39 is 23.1 Å². The van der Waals surface area contributed by atoms with Crippen LogP contribution >= 0.6 is 0 Å². The Morgan fingerprint density at radius 2 is 1.51 bits per heavy atom. The first-order chi connectivity index (χ1) is 18.4. The van der Waals surface area contributed by atoms with Crippen molar-refractivity contribution in [3.05, 3.63) is 104 Å². The molecule has 0 amide bonds. The van der Waals surface area contributed by atoms with E-state index in [2.05, 4.69) is 4.98 Å². The van der Waals surface area contributed by atoms with Crippen molar-refractivity contribution < 1.29 is 22.3 Å². The van der Waals surface area contributed by atoms with E-state index in [1.807, 2.05) is 32.0 Å². The van der Waals surface area contributed by atoms with E-state index >= 15 is 0 Å². The van der Waals surface area contributed by atoms with Crippen LogP contribution in [-0.4, -0.2) is 14.1 Å². The number of aromatic nitrogens is 3. The Morgan fingerprint density at radius 1 is 0.846 bits per heavy atom. The fourth-order valence-corrected chi connectivity index (χ4v) is 4.62. The predicted octanol–water partition coefficient (Wildman–Crippen LogP) is 6.47. The van der Waals surface area contributed by atoms with Crippen LogP contribution in [0.4, 0.5) is 17.6 Å². The van der Waals surface area contributed by atoms with Crippen LogP contribution in [0.3, 0.4) is 0 Å². The number of para-hydroxylation sites is 1. The fraction of sp³-hybridized carbons (Fsp3) is 0.172. The van der Waals surface area contributed by atoms with E-state index in [0.717, 1.165) is 17.2 Å². The second kappa shape index (κ2) is 9.30. The minimum Gasteiger partial charge on any atom is -0.455 e. The average molecular weight is 538 g/mol. The number of aromatic amines is 1. The van der Waals surface area contributed by atoms with Gasteiger partial charge >= 0.3 is 6.18 Å². The first-order valence-corrected chi connectivity index (χ1v) is 11.9. The third kappa shape index (κ3) is 4.52. The van der Waals surface area contributed by atoms with Crippen molar-refractivity contribution >= 4 is 10.9 Å². The number of aryl methyl sites for hydroxylation is 4. The van der Waals surface area contributed by atoms with Gasteiger partial charge in [-0.25, -0.2) is 4.39 Å². The van der Waals surface area contributed by atoms with E-state index in [0.29, 0.717) is 34.1 Å². The molecule has 0 saturated heterocycles. The Bertz CT molecular complexity index is 1860. The number of hydrogen-bond donors (Lipinski definition) is 1. The highest BCUT2D eigenvalue weighted by atomic mass is 19.4. The Kier molecular flexibility index (Phi) is 6.21.